The van der Waals surface area contributed by atoms with E-state index in [2.05, 4.69) is 10.6 Å². The van der Waals surface area contributed by atoms with Crippen LogP contribution in [-0.4, -0.2) is 55.8 Å². The second kappa shape index (κ2) is 11.9. The predicted molar refractivity (Wildman–Crippen MR) is 123 cm³/mol. The molecule has 0 saturated heterocycles. The molecule has 7 nitrogen and oxygen atoms in total. The molecular weight excluding hydrogens is 392 g/mol. The zero-order chi connectivity index (χ0) is 22.8. The highest BCUT2D eigenvalue weighted by Gasteiger charge is 2.16. The minimum atomic E-state index is -0.193. The molecule has 0 fully saturated rings. The number of hydrogen-bond acceptors (Lipinski definition) is 3. The number of para-hydroxylation sites is 1. The summed E-state index contributed by atoms with van der Waals surface area (Å²) in [6, 6.07) is 14.6. The van der Waals surface area contributed by atoms with Crippen LogP contribution in [0.3, 0.4) is 0 Å². The number of nitrogens with zero attached hydrogens (tertiary/aromatic N) is 1. The van der Waals surface area contributed by atoms with Gasteiger partial charge < -0.3 is 20.4 Å². The number of amides is 3. The van der Waals surface area contributed by atoms with Crippen molar-refractivity contribution in [3.63, 3.8) is 0 Å². The van der Waals surface area contributed by atoms with Crippen LogP contribution in [0.25, 0.3) is 0 Å². The van der Waals surface area contributed by atoms with Crippen molar-refractivity contribution in [1.82, 2.24) is 4.90 Å². The summed E-state index contributed by atoms with van der Waals surface area (Å²) in [4.78, 5) is 39.6. The van der Waals surface area contributed by atoms with Gasteiger partial charge in [0.25, 0.3) is 17.7 Å². The van der Waals surface area contributed by atoms with E-state index in [0.29, 0.717) is 24.3 Å². The zero-order valence-corrected chi connectivity index (χ0v) is 18.8. The number of nitrogens with one attached hydrogen (secondary N) is 3. The molecule has 3 amide bonds. The molecule has 0 spiro atoms. The number of benzene rings is 2. The molecule has 2 aromatic carbocycles. The average molecular weight is 426 g/mol. The van der Waals surface area contributed by atoms with Gasteiger partial charge in [-0.2, -0.15) is 0 Å². The van der Waals surface area contributed by atoms with Crippen molar-refractivity contribution < 1.29 is 19.3 Å². The highest BCUT2D eigenvalue weighted by Crippen LogP contribution is 2.15. The number of aryl methyl sites for hydroxylation is 1. The topological polar surface area (TPSA) is 83.0 Å². The number of carbonyl (C=O) groups is 3. The van der Waals surface area contributed by atoms with Crippen molar-refractivity contribution in [3.05, 3.63) is 59.7 Å². The highest BCUT2D eigenvalue weighted by atomic mass is 16.2. The molecule has 0 aliphatic rings. The third kappa shape index (κ3) is 7.22. The summed E-state index contributed by atoms with van der Waals surface area (Å²) >= 11 is 0. The molecule has 7 heteroatoms. The maximum Gasteiger partial charge on any atom is 0.279 e. The third-order valence-corrected chi connectivity index (χ3v) is 5.06. The first-order valence-electron chi connectivity index (χ1n) is 10.8. The maximum atomic E-state index is 12.4. The molecule has 0 aromatic heterocycles. The standard InChI is InChI=1S/C24H32N4O3/c1-5-18-10-8-9-11-21(18)26-23(30)17-27(4)16-22(29)25-20-14-12-19(13-15-20)24(31)28(6-2)7-3/h8-15H,5-7,16-17H2,1-4H3,(H,25,29)(H,26,30)/p+1. The Hall–Kier alpha value is -3.19. The van der Waals surface area contributed by atoms with E-state index in [1.54, 1.807) is 36.2 Å². The smallest absolute Gasteiger partial charge is 0.279 e. The molecule has 0 bridgehead atoms. The van der Waals surface area contributed by atoms with Gasteiger partial charge in [-0.25, -0.2) is 0 Å². The van der Waals surface area contributed by atoms with Gasteiger partial charge in [-0.15, -0.1) is 0 Å². The van der Waals surface area contributed by atoms with Crippen LogP contribution in [0.5, 0.6) is 0 Å². The largest absolute Gasteiger partial charge is 0.339 e. The lowest BCUT2D eigenvalue weighted by molar-refractivity contribution is -0.862. The van der Waals surface area contributed by atoms with Crippen molar-refractivity contribution in [2.24, 2.45) is 0 Å². The zero-order valence-electron chi connectivity index (χ0n) is 18.8. The van der Waals surface area contributed by atoms with Gasteiger partial charge in [0.1, 0.15) is 0 Å². The van der Waals surface area contributed by atoms with Crippen molar-refractivity contribution in [2.75, 3.05) is 43.9 Å². The van der Waals surface area contributed by atoms with Gasteiger partial charge in [0.05, 0.1) is 7.05 Å². The first-order chi connectivity index (χ1) is 14.9. The molecule has 31 heavy (non-hydrogen) atoms. The Morgan fingerprint density at radius 1 is 0.839 bits per heavy atom. The van der Waals surface area contributed by atoms with Crippen LogP contribution >= 0.6 is 0 Å². The second-order valence-corrected chi connectivity index (χ2v) is 7.47. The van der Waals surface area contributed by atoms with Crippen molar-refractivity contribution in [1.29, 1.82) is 0 Å². The van der Waals surface area contributed by atoms with Gasteiger partial charge in [0.2, 0.25) is 0 Å². The molecular formula is C24H33N4O3+. The Bertz CT molecular complexity index is 892. The third-order valence-electron chi connectivity index (χ3n) is 5.06. The van der Waals surface area contributed by atoms with Crippen LogP contribution in [0.1, 0.15) is 36.7 Å². The summed E-state index contributed by atoms with van der Waals surface area (Å²) in [5, 5.41) is 5.74. The lowest BCUT2D eigenvalue weighted by Gasteiger charge is -2.18. The van der Waals surface area contributed by atoms with E-state index >= 15 is 0 Å². The molecule has 3 N–H and O–H groups in total. The first-order valence-corrected chi connectivity index (χ1v) is 10.8. The quantitative estimate of drug-likeness (QED) is 0.543. The number of rotatable bonds is 10. The van der Waals surface area contributed by atoms with Crippen LogP contribution < -0.4 is 15.5 Å². The first kappa shape index (κ1) is 24.1. The van der Waals surface area contributed by atoms with Crippen LogP contribution in [-0.2, 0) is 16.0 Å². The molecule has 0 heterocycles. The Kier molecular flexibility index (Phi) is 9.21. The van der Waals surface area contributed by atoms with E-state index in [0.717, 1.165) is 22.6 Å². The summed E-state index contributed by atoms with van der Waals surface area (Å²) in [6.07, 6.45) is 0.834. The van der Waals surface area contributed by atoms with Crippen LogP contribution in [0, 0.1) is 0 Å². The summed E-state index contributed by atoms with van der Waals surface area (Å²) in [5.74, 6) is -0.352. The second-order valence-electron chi connectivity index (χ2n) is 7.47. The summed E-state index contributed by atoms with van der Waals surface area (Å²) in [5.41, 5.74) is 3.10. The summed E-state index contributed by atoms with van der Waals surface area (Å²) in [7, 11) is 1.80. The van der Waals surface area contributed by atoms with Gasteiger partial charge in [-0.1, -0.05) is 25.1 Å². The number of anilines is 2. The molecule has 0 aliphatic heterocycles. The SMILES string of the molecule is CCc1ccccc1NC(=O)C[NH+](C)CC(=O)Nc1ccc(C(=O)N(CC)CC)cc1. The maximum absolute atomic E-state index is 12.4. The molecule has 0 radical (unpaired) electrons. The Balaban J connectivity index is 1.85. The number of carbonyl (C=O) groups excluding carboxylic acids is 3. The minimum Gasteiger partial charge on any atom is -0.339 e. The molecule has 0 aliphatic carbocycles. The lowest BCUT2D eigenvalue weighted by atomic mass is 10.1. The van der Waals surface area contributed by atoms with E-state index in [-0.39, 0.29) is 30.8 Å². The fraction of sp³-hybridized carbons (Fsp3) is 0.375. The monoisotopic (exact) mass is 425 g/mol. The fourth-order valence-corrected chi connectivity index (χ4v) is 3.35. The summed E-state index contributed by atoms with van der Waals surface area (Å²) in [6.45, 7) is 7.57. The predicted octanol–water partition coefficient (Wildman–Crippen LogP) is 1.82. The molecule has 166 valence electrons. The Morgan fingerprint density at radius 2 is 1.42 bits per heavy atom. The van der Waals surface area contributed by atoms with Crippen LogP contribution in [0.4, 0.5) is 11.4 Å². The van der Waals surface area contributed by atoms with E-state index in [4.69, 9.17) is 0 Å². The molecule has 1 atom stereocenters. The summed E-state index contributed by atoms with van der Waals surface area (Å²) < 4.78 is 0. The highest BCUT2D eigenvalue weighted by molar-refractivity contribution is 5.96. The lowest BCUT2D eigenvalue weighted by Crippen LogP contribution is -3.11. The number of hydrogen-bond donors (Lipinski definition) is 3. The van der Waals surface area contributed by atoms with Gasteiger partial charge in [-0.3, -0.25) is 14.4 Å². The Labute approximate surface area is 184 Å². The van der Waals surface area contributed by atoms with Crippen LogP contribution in [0.15, 0.2) is 48.5 Å². The van der Waals surface area contributed by atoms with Crippen molar-refractivity contribution in [3.8, 4) is 0 Å². The average Bonchev–Trinajstić information content (AvgIpc) is 2.75. The number of likely N-dealkylation sites (N-methyl/N-ethyl adjacent to an activating group) is 1. The van der Waals surface area contributed by atoms with E-state index in [1.807, 2.05) is 45.0 Å². The fourth-order valence-electron chi connectivity index (χ4n) is 3.35. The van der Waals surface area contributed by atoms with Crippen molar-refractivity contribution >= 4 is 29.1 Å². The van der Waals surface area contributed by atoms with Gasteiger partial charge in [0, 0.05) is 30.0 Å². The number of quaternary nitrogens is 1. The molecule has 1 unspecified atom stereocenters. The van der Waals surface area contributed by atoms with Crippen LogP contribution in [0.2, 0.25) is 0 Å². The molecule has 0 saturated carbocycles. The van der Waals surface area contributed by atoms with Gasteiger partial charge in [0.15, 0.2) is 13.1 Å². The molecule has 2 aromatic rings. The normalized spacial score (nSPS) is 11.5. The van der Waals surface area contributed by atoms with E-state index in [9.17, 15) is 14.4 Å². The van der Waals surface area contributed by atoms with E-state index < -0.39 is 0 Å². The van der Waals surface area contributed by atoms with Gasteiger partial charge in [-0.05, 0) is 56.2 Å². The van der Waals surface area contributed by atoms with E-state index in [1.165, 1.54) is 0 Å². The Morgan fingerprint density at radius 3 is 2.00 bits per heavy atom. The van der Waals surface area contributed by atoms with Crippen molar-refractivity contribution in [2.45, 2.75) is 27.2 Å². The van der Waals surface area contributed by atoms with Gasteiger partial charge >= 0.3 is 0 Å². The minimum absolute atomic E-state index is 0.0253. The molecule has 2 rings (SSSR count).